The molecule has 0 aliphatic heterocycles. The molecule has 0 unspecified atom stereocenters. The number of amides is 1. The molecule has 1 aromatic carbocycles. The van der Waals surface area contributed by atoms with Crippen molar-refractivity contribution < 1.29 is 9.53 Å². The van der Waals surface area contributed by atoms with E-state index in [1.807, 2.05) is 12.1 Å². The highest BCUT2D eigenvalue weighted by Crippen LogP contribution is 2.25. The van der Waals surface area contributed by atoms with Crippen molar-refractivity contribution in [1.82, 2.24) is 5.32 Å². The van der Waals surface area contributed by atoms with Crippen LogP contribution in [-0.4, -0.2) is 19.1 Å². The molecule has 110 valence electrons. The maximum absolute atomic E-state index is 11.8. The molecule has 0 spiro atoms. The van der Waals surface area contributed by atoms with E-state index >= 15 is 0 Å². The van der Waals surface area contributed by atoms with Crippen molar-refractivity contribution in [1.29, 1.82) is 0 Å². The van der Waals surface area contributed by atoms with Gasteiger partial charge in [-0.1, -0.05) is 19.3 Å². The summed E-state index contributed by atoms with van der Waals surface area (Å²) in [5.74, 6) is 1.51. The van der Waals surface area contributed by atoms with Crippen molar-refractivity contribution in [3.63, 3.8) is 0 Å². The van der Waals surface area contributed by atoms with Gasteiger partial charge in [-0.15, -0.1) is 0 Å². The van der Waals surface area contributed by atoms with Gasteiger partial charge in [0.1, 0.15) is 12.4 Å². The molecule has 2 rings (SSSR count). The summed E-state index contributed by atoms with van der Waals surface area (Å²) in [6, 6.07) is 7.27. The predicted octanol–water partition coefficient (Wildman–Crippen LogP) is 2.73. The lowest BCUT2D eigenvalue weighted by Crippen LogP contribution is -2.30. The minimum Gasteiger partial charge on any atom is -0.492 e. The Bertz CT molecular complexity index is 411. The lowest BCUT2D eigenvalue weighted by molar-refractivity contribution is -0.122. The molecule has 1 fully saturated rings. The van der Waals surface area contributed by atoms with Crippen LogP contribution in [0.3, 0.4) is 0 Å². The van der Waals surface area contributed by atoms with E-state index in [4.69, 9.17) is 10.5 Å². The van der Waals surface area contributed by atoms with Gasteiger partial charge in [-0.2, -0.15) is 0 Å². The number of nitrogens with one attached hydrogen (secondary N) is 1. The maximum atomic E-state index is 11.8. The molecule has 3 N–H and O–H groups in total. The van der Waals surface area contributed by atoms with Crippen LogP contribution < -0.4 is 15.8 Å². The van der Waals surface area contributed by atoms with Gasteiger partial charge in [0.15, 0.2) is 0 Å². The molecule has 4 heteroatoms. The third kappa shape index (κ3) is 5.11. The van der Waals surface area contributed by atoms with Crippen molar-refractivity contribution in [2.75, 3.05) is 18.9 Å². The first-order valence-electron chi connectivity index (χ1n) is 7.49. The standard InChI is InChI=1S/C16H24N2O2/c17-14-6-8-15(9-7-14)20-11-10-18-16(19)12-13-4-2-1-3-5-13/h6-9,13H,1-5,10-12,17H2,(H,18,19). The highest BCUT2D eigenvalue weighted by molar-refractivity contribution is 5.76. The predicted molar refractivity (Wildman–Crippen MR) is 80.6 cm³/mol. The summed E-state index contributed by atoms with van der Waals surface area (Å²) in [6.45, 7) is 1.04. The summed E-state index contributed by atoms with van der Waals surface area (Å²) < 4.78 is 5.53. The molecular formula is C16H24N2O2. The monoisotopic (exact) mass is 276 g/mol. The van der Waals surface area contributed by atoms with E-state index in [9.17, 15) is 4.79 Å². The van der Waals surface area contributed by atoms with E-state index in [0.29, 0.717) is 25.5 Å². The van der Waals surface area contributed by atoms with Gasteiger partial charge in [-0.05, 0) is 43.0 Å². The Morgan fingerprint density at radius 2 is 1.90 bits per heavy atom. The Kier molecular flexibility index (Phi) is 5.71. The molecule has 0 aromatic heterocycles. The first-order valence-corrected chi connectivity index (χ1v) is 7.49. The lowest BCUT2D eigenvalue weighted by atomic mass is 9.87. The number of hydrogen-bond acceptors (Lipinski definition) is 3. The Hall–Kier alpha value is -1.71. The Morgan fingerprint density at radius 3 is 2.60 bits per heavy atom. The molecule has 0 bridgehead atoms. The summed E-state index contributed by atoms with van der Waals surface area (Å²) in [7, 11) is 0. The molecule has 0 atom stereocenters. The van der Waals surface area contributed by atoms with Gasteiger partial charge in [0, 0.05) is 12.1 Å². The highest BCUT2D eigenvalue weighted by Gasteiger charge is 2.16. The van der Waals surface area contributed by atoms with Crippen LogP contribution in [0.25, 0.3) is 0 Å². The van der Waals surface area contributed by atoms with Crippen molar-refractivity contribution in [3.8, 4) is 5.75 Å². The number of carbonyl (C=O) groups is 1. The molecule has 0 heterocycles. The first-order chi connectivity index (χ1) is 9.74. The Balaban J connectivity index is 1.58. The Morgan fingerprint density at radius 1 is 1.20 bits per heavy atom. The van der Waals surface area contributed by atoms with Crippen molar-refractivity contribution in [2.24, 2.45) is 5.92 Å². The normalized spacial score (nSPS) is 15.8. The second kappa shape index (κ2) is 7.78. The third-order valence-corrected chi connectivity index (χ3v) is 3.77. The number of carbonyl (C=O) groups excluding carboxylic acids is 1. The maximum Gasteiger partial charge on any atom is 0.220 e. The van der Waals surface area contributed by atoms with Gasteiger partial charge in [0.05, 0.1) is 6.54 Å². The Labute approximate surface area is 120 Å². The molecular weight excluding hydrogens is 252 g/mol. The zero-order chi connectivity index (χ0) is 14.2. The molecule has 4 nitrogen and oxygen atoms in total. The number of benzene rings is 1. The van der Waals surface area contributed by atoms with E-state index in [2.05, 4.69) is 5.32 Å². The van der Waals surface area contributed by atoms with Crippen molar-refractivity contribution in [2.45, 2.75) is 38.5 Å². The molecule has 0 radical (unpaired) electrons. The average molecular weight is 276 g/mol. The topological polar surface area (TPSA) is 64.3 Å². The van der Waals surface area contributed by atoms with E-state index in [1.54, 1.807) is 12.1 Å². The molecule has 1 saturated carbocycles. The van der Waals surface area contributed by atoms with Gasteiger partial charge in [-0.25, -0.2) is 0 Å². The van der Waals surface area contributed by atoms with Crippen molar-refractivity contribution in [3.05, 3.63) is 24.3 Å². The van der Waals surface area contributed by atoms with Crippen LogP contribution in [0.5, 0.6) is 5.75 Å². The van der Waals surface area contributed by atoms with E-state index in [0.717, 1.165) is 11.4 Å². The summed E-state index contributed by atoms with van der Waals surface area (Å²) in [5, 5.41) is 2.92. The molecule has 1 aliphatic carbocycles. The number of ether oxygens (including phenoxy) is 1. The van der Waals surface area contributed by atoms with Crippen LogP contribution in [0, 0.1) is 5.92 Å². The van der Waals surface area contributed by atoms with Crippen LogP contribution >= 0.6 is 0 Å². The van der Waals surface area contributed by atoms with Gasteiger partial charge in [0.2, 0.25) is 5.91 Å². The summed E-state index contributed by atoms with van der Waals surface area (Å²) >= 11 is 0. The van der Waals surface area contributed by atoms with Gasteiger partial charge in [-0.3, -0.25) is 4.79 Å². The number of nitrogens with two attached hydrogens (primary N) is 1. The number of nitrogen functional groups attached to an aromatic ring is 1. The molecule has 1 amide bonds. The fraction of sp³-hybridized carbons (Fsp3) is 0.562. The minimum atomic E-state index is 0.151. The average Bonchev–Trinajstić information content (AvgIpc) is 2.46. The number of hydrogen-bond donors (Lipinski definition) is 2. The number of rotatable bonds is 6. The van der Waals surface area contributed by atoms with Gasteiger partial charge in [0.25, 0.3) is 0 Å². The first kappa shape index (κ1) is 14.7. The minimum absolute atomic E-state index is 0.151. The van der Waals surface area contributed by atoms with Crippen LogP contribution in [0.15, 0.2) is 24.3 Å². The smallest absolute Gasteiger partial charge is 0.220 e. The summed E-state index contributed by atoms with van der Waals surface area (Å²) in [4.78, 5) is 11.8. The fourth-order valence-corrected chi connectivity index (χ4v) is 2.65. The van der Waals surface area contributed by atoms with E-state index in [-0.39, 0.29) is 5.91 Å². The second-order valence-electron chi connectivity index (χ2n) is 5.48. The lowest BCUT2D eigenvalue weighted by Gasteiger charge is -2.20. The second-order valence-corrected chi connectivity index (χ2v) is 5.48. The largest absolute Gasteiger partial charge is 0.492 e. The fourth-order valence-electron chi connectivity index (χ4n) is 2.65. The van der Waals surface area contributed by atoms with Gasteiger partial charge >= 0.3 is 0 Å². The highest BCUT2D eigenvalue weighted by atomic mass is 16.5. The van der Waals surface area contributed by atoms with Crippen LogP contribution in [0.2, 0.25) is 0 Å². The molecule has 1 aromatic rings. The summed E-state index contributed by atoms with van der Waals surface area (Å²) in [6.07, 6.45) is 6.95. The number of anilines is 1. The molecule has 0 saturated heterocycles. The van der Waals surface area contributed by atoms with Crippen LogP contribution in [0.1, 0.15) is 38.5 Å². The zero-order valence-corrected chi connectivity index (χ0v) is 11.9. The van der Waals surface area contributed by atoms with Gasteiger partial charge < -0.3 is 15.8 Å². The quantitative estimate of drug-likeness (QED) is 0.620. The third-order valence-electron chi connectivity index (χ3n) is 3.77. The van der Waals surface area contributed by atoms with E-state index in [1.165, 1.54) is 32.1 Å². The van der Waals surface area contributed by atoms with Crippen LogP contribution in [-0.2, 0) is 4.79 Å². The van der Waals surface area contributed by atoms with Crippen LogP contribution in [0.4, 0.5) is 5.69 Å². The van der Waals surface area contributed by atoms with Crippen molar-refractivity contribution >= 4 is 11.6 Å². The molecule has 1 aliphatic rings. The summed E-state index contributed by atoms with van der Waals surface area (Å²) in [5.41, 5.74) is 6.32. The molecule has 20 heavy (non-hydrogen) atoms. The zero-order valence-electron chi connectivity index (χ0n) is 11.9. The SMILES string of the molecule is Nc1ccc(OCCNC(=O)CC2CCCCC2)cc1. The van der Waals surface area contributed by atoms with E-state index < -0.39 is 0 Å².